The molecule has 3 heterocycles. The topological polar surface area (TPSA) is 72.0 Å². The maximum atomic E-state index is 14.3. The van der Waals surface area contributed by atoms with E-state index in [0.29, 0.717) is 40.8 Å². The molecule has 1 saturated heterocycles. The minimum absolute atomic E-state index is 0.252. The second-order valence-corrected chi connectivity index (χ2v) is 6.97. The van der Waals surface area contributed by atoms with Crippen LogP contribution in [0.4, 0.5) is 26.1 Å². The number of ether oxygens (including phenoxy) is 1. The SMILES string of the molecule is Fc1cc(Nc2cc(NC3[C@H]4COC[C@@H]34)nc(-c3ccccc3F)n2)ccn1. The molecule has 2 fully saturated rings. The van der Waals surface area contributed by atoms with Gasteiger partial charge in [0, 0.05) is 41.9 Å². The molecule has 142 valence electrons. The molecule has 1 aromatic carbocycles. The Bertz CT molecular complexity index is 1020. The van der Waals surface area contributed by atoms with Crippen molar-refractivity contribution in [1.82, 2.24) is 15.0 Å². The zero-order valence-electron chi connectivity index (χ0n) is 14.8. The fourth-order valence-corrected chi connectivity index (χ4v) is 3.60. The predicted molar refractivity (Wildman–Crippen MR) is 100 cm³/mol. The Morgan fingerprint density at radius 2 is 1.75 bits per heavy atom. The first-order valence-corrected chi connectivity index (χ1v) is 9.04. The molecule has 0 bridgehead atoms. The largest absolute Gasteiger partial charge is 0.381 e. The minimum atomic E-state index is -0.600. The lowest BCUT2D eigenvalue weighted by atomic mass is 10.2. The molecule has 2 aliphatic rings. The van der Waals surface area contributed by atoms with Crippen molar-refractivity contribution < 1.29 is 13.5 Å². The number of anilines is 3. The fraction of sp³-hybridized carbons (Fsp3) is 0.250. The van der Waals surface area contributed by atoms with Gasteiger partial charge in [-0.1, -0.05) is 12.1 Å². The number of nitrogens with zero attached hydrogens (tertiary/aromatic N) is 3. The van der Waals surface area contributed by atoms with Gasteiger partial charge in [0.1, 0.15) is 17.5 Å². The first-order chi connectivity index (χ1) is 13.7. The van der Waals surface area contributed by atoms with Crippen LogP contribution in [0.1, 0.15) is 0 Å². The standard InChI is InChI=1S/C20H17F2N5O/c21-15-4-2-1-3-12(15)20-26-17(24-11-5-6-23-16(22)7-11)8-18(27-20)25-19-13-9-28-10-14(13)19/h1-8,13-14,19H,9-10H2,(H2,23,24,25,26,27)/t13-,14+,19?. The van der Waals surface area contributed by atoms with E-state index in [4.69, 9.17) is 4.74 Å². The number of benzene rings is 1. The number of aromatic nitrogens is 3. The molecule has 28 heavy (non-hydrogen) atoms. The van der Waals surface area contributed by atoms with Crippen LogP contribution in [0.15, 0.2) is 48.7 Å². The van der Waals surface area contributed by atoms with E-state index < -0.39 is 11.8 Å². The monoisotopic (exact) mass is 381 g/mol. The molecule has 6 nitrogen and oxygen atoms in total. The Morgan fingerprint density at radius 1 is 0.964 bits per heavy atom. The molecule has 5 rings (SSSR count). The van der Waals surface area contributed by atoms with Gasteiger partial charge in [-0.3, -0.25) is 0 Å². The summed E-state index contributed by atoms with van der Waals surface area (Å²) in [6.07, 6.45) is 1.36. The average Bonchev–Trinajstić information content (AvgIpc) is 3.10. The van der Waals surface area contributed by atoms with E-state index in [1.165, 1.54) is 18.3 Å². The van der Waals surface area contributed by atoms with Gasteiger partial charge < -0.3 is 15.4 Å². The van der Waals surface area contributed by atoms with Crippen molar-refractivity contribution in [3.63, 3.8) is 0 Å². The van der Waals surface area contributed by atoms with Crippen LogP contribution in [-0.4, -0.2) is 34.2 Å². The van der Waals surface area contributed by atoms with Crippen LogP contribution in [-0.2, 0) is 4.74 Å². The highest BCUT2D eigenvalue weighted by atomic mass is 19.1. The zero-order valence-corrected chi connectivity index (χ0v) is 14.8. The summed E-state index contributed by atoms with van der Waals surface area (Å²) < 4.78 is 33.1. The lowest BCUT2D eigenvalue weighted by molar-refractivity contribution is 0.162. The number of hydrogen-bond acceptors (Lipinski definition) is 6. The normalized spacial score (nSPS) is 22.6. The number of hydrogen-bond donors (Lipinski definition) is 2. The van der Waals surface area contributed by atoms with Crippen molar-refractivity contribution in [3.05, 3.63) is 60.4 Å². The van der Waals surface area contributed by atoms with Gasteiger partial charge in [0.15, 0.2) is 5.82 Å². The third kappa shape index (κ3) is 3.27. The molecule has 8 heteroatoms. The highest BCUT2D eigenvalue weighted by molar-refractivity contribution is 5.65. The minimum Gasteiger partial charge on any atom is -0.381 e. The molecule has 0 spiro atoms. The molecule has 3 aromatic rings. The predicted octanol–water partition coefficient (Wildman–Crippen LogP) is 3.62. The molecule has 1 aliphatic heterocycles. The van der Waals surface area contributed by atoms with Crippen molar-refractivity contribution in [3.8, 4) is 11.4 Å². The summed E-state index contributed by atoms with van der Waals surface area (Å²) in [5.41, 5.74) is 0.794. The summed E-state index contributed by atoms with van der Waals surface area (Å²) in [6.45, 7) is 1.49. The maximum Gasteiger partial charge on any atom is 0.214 e. The van der Waals surface area contributed by atoms with Gasteiger partial charge in [-0.05, 0) is 18.2 Å². The number of nitrogens with one attached hydrogen (secondary N) is 2. The van der Waals surface area contributed by atoms with Gasteiger partial charge >= 0.3 is 0 Å². The van der Waals surface area contributed by atoms with Crippen LogP contribution in [0.2, 0.25) is 0 Å². The molecule has 0 radical (unpaired) electrons. The van der Waals surface area contributed by atoms with E-state index in [-0.39, 0.29) is 5.82 Å². The van der Waals surface area contributed by atoms with E-state index in [1.807, 2.05) is 0 Å². The first kappa shape index (κ1) is 17.0. The van der Waals surface area contributed by atoms with Gasteiger partial charge in [0.25, 0.3) is 0 Å². The molecular weight excluding hydrogens is 364 g/mol. The maximum absolute atomic E-state index is 14.3. The second kappa shape index (κ2) is 6.79. The summed E-state index contributed by atoms with van der Waals surface area (Å²) in [5, 5.41) is 6.45. The number of rotatable bonds is 5. The molecule has 1 aliphatic carbocycles. The van der Waals surface area contributed by atoms with Crippen molar-refractivity contribution in [1.29, 1.82) is 0 Å². The Balaban J connectivity index is 1.49. The third-order valence-electron chi connectivity index (χ3n) is 5.11. The van der Waals surface area contributed by atoms with Crippen molar-refractivity contribution in [2.75, 3.05) is 23.8 Å². The Kier molecular flexibility index (Phi) is 4.12. The third-order valence-corrected chi connectivity index (χ3v) is 5.11. The number of halogens is 2. The average molecular weight is 381 g/mol. The van der Waals surface area contributed by atoms with Gasteiger partial charge in [-0.25, -0.2) is 19.3 Å². The van der Waals surface area contributed by atoms with E-state index >= 15 is 0 Å². The molecule has 3 atom stereocenters. The molecule has 2 aromatic heterocycles. The summed E-state index contributed by atoms with van der Waals surface area (Å²) in [7, 11) is 0. The lowest BCUT2D eigenvalue weighted by Gasteiger charge is -2.13. The van der Waals surface area contributed by atoms with Gasteiger partial charge in [-0.15, -0.1) is 0 Å². The van der Waals surface area contributed by atoms with Crippen molar-refractivity contribution >= 4 is 17.3 Å². The highest BCUT2D eigenvalue weighted by Crippen LogP contribution is 2.46. The van der Waals surface area contributed by atoms with Crippen LogP contribution in [0.3, 0.4) is 0 Å². The first-order valence-electron chi connectivity index (χ1n) is 9.04. The van der Waals surface area contributed by atoms with Gasteiger partial charge in [0.2, 0.25) is 5.95 Å². The second-order valence-electron chi connectivity index (χ2n) is 6.97. The summed E-state index contributed by atoms with van der Waals surface area (Å²) in [4.78, 5) is 12.5. The molecular formula is C20H17F2N5O. The van der Waals surface area contributed by atoms with Crippen LogP contribution in [0.25, 0.3) is 11.4 Å². The van der Waals surface area contributed by atoms with Crippen LogP contribution >= 0.6 is 0 Å². The molecule has 2 N–H and O–H groups in total. The van der Waals surface area contributed by atoms with Crippen molar-refractivity contribution in [2.24, 2.45) is 11.8 Å². The lowest BCUT2D eigenvalue weighted by Crippen LogP contribution is -2.14. The summed E-state index contributed by atoms with van der Waals surface area (Å²) in [5.74, 6) is 1.24. The van der Waals surface area contributed by atoms with Crippen LogP contribution in [0.5, 0.6) is 0 Å². The van der Waals surface area contributed by atoms with Crippen LogP contribution < -0.4 is 10.6 Å². The summed E-state index contributed by atoms with van der Waals surface area (Å²) >= 11 is 0. The molecule has 1 saturated carbocycles. The van der Waals surface area contributed by atoms with E-state index in [0.717, 1.165) is 13.2 Å². The molecule has 1 unspecified atom stereocenters. The Hall–Kier alpha value is -3.13. The van der Waals surface area contributed by atoms with E-state index in [2.05, 4.69) is 25.6 Å². The summed E-state index contributed by atoms with van der Waals surface area (Å²) in [6, 6.07) is 11.3. The van der Waals surface area contributed by atoms with Crippen molar-refractivity contribution in [2.45, 2.75) is 6.04 Å². The number of pyridine rings is 1. The Labute approximate surface area is 160 Å². The highest BCUT2D eigenvalue weighted by Gasteiger charge is 2.54. The quantitative estimate of drug-likeness (QED) is 0.658. The van der Waals surface area contributed by atoms with E-state index in [1.54, 1.807) is 30.3 Å². The smallest absolute Gasteiger partial charge is 0.214 e. The van der Waals surface area contributed by atoms with Crippen LogP contribution in [0, 0.1) is 23.6 Å². The zero-order chi connectivity index (χ0) is 19.1. The Morgan fingerprint density at radius 3 is 2.54 bits per heavy atom. The number of fused-ring (bicyclic) bond motifs is 1. The van der Waals surface area contributed by atoms with Gasteiger partial charge in [-0.2, -0.15) is 4.39 Å². The van der Waals surface area contributed by atoms with E-state index in [9.17, 15) is 8.78 Å². The fourth-order valence-electron chi connectivity index (χ4n) is 3.60. The van der Waals surface area contributed by atoms with Gasteiger partial charge in [0.05, 0.1) is 18.8 Å². The molecule has 0 amide bonds.